The first-order valence-corrected chi connectivity index (χ1v) is 12.9. The molecule has 1 aromatic carbocycles. The molecule has 1 spiro atoms. The van der Waals surface area contributed by atoms with Crippen molar-refractivity contribution < 1.29 is 34.0 Å². The van der Waals surface area contributed by atoms with Gasteiger partial charge < -0.3 is 29.2 Å². The van der Waals surface area contributed by atoms with Crippen LogP contribution in [0.25, 0.3) is 0 Å². The van der Waals surface area contributed by atoms with Crippen molar-refractivity contribution in [1.82, 2.24) is 0 Å². The Bertz CT molecular complexity index is 1180. The minimum Gasteiger partial charge on any atom is -0.497 e. The van der Waals surface area contributed by atoms with Crippen LogP contribution >= 0.6 is 0 Å². The zero-order chi connectivity index (χ0) is 25.8. The summed E-state index contributed by atoms with van der Waals surface area (Å²) in [4.78, 5) is 14.5. The van der Waals surface area contributed by atoms with Crippen molar-refractivity contribution in [2.45, 2.75) is 58.2 Å². The van der Waals surface area contributed by atoms with E-state index in [9.17, 15) is 15.0 Å². The Hall–Kier alpha value is -2.19. The van der Waals surface area contributed by atoms with Gasteiger partial charge in [-0.1, -0.05) is 32.9 Å². The zero-order valence-corrected chi connectivity index (χ0v) is 21.8. The third-order valence-electron chi connectivity index (χ3n) is 10.1. The highest BCUT2D eigenvalue weighted by atomic mass is 16.7. The largest absolute Gasteiger partial charge is 0.497 e. The number of carbonyl (C=O) groups excluding carboxylic acids is 1. The van der Waals surface area contributed by atoms with Gasteiger partial charge in [-0.2, -0.15) is 0 Å². The quantitative estimate of drug-likeness (QED) is 0.618. The van der Waals surface area contributed by atoms with Crippen LogP contribution < -0.4 is 9.47 Å². The Balaban J connectivity index is 1.49. The van der Waals surface area contributed by atoms with Gasteiger partial charge in [0.2, 0.25) is 0 Å². The normalized spacial score (nSPS) is 44.2. The number of benzene rings is 1. The monoisotopic (exact) mass is 496 g/mol. The summed E-state index contributed by atoms with van der Waals surface area (Å²) in [5, 5.41) is 24.1. The predicted molar refractivity (Wildman–Crippen MR) is 131 cm³/mol. The van der Waals surface area contributed by atoms with Crippen molar-refractivity contribution in [3.63, 3.8) is 0 Å². The van der Waals surface area contributed by atoms with Gasteiger partial charge in [-0.3, -0.25) is 4.79 Å². The van der Waals surface area contributed by atoms with E-state index < -0.39 is 29.5 Å². The number of aliphatic hydroxyl groups is 2. The summed E-state index contributed by atoms with van der Waals surface area (Å²) >= 11 is 0. The summed E-state index contributed by atoms with van der Waals surface area (Å²) in [6.07, 6.45) is 1.68. The van der Waals surface area contributed by atoms with Crippen molar-refractivity contribution in [2.24, 2.45) is 34.5 Å². The molecule has 0 amide bonds. The molecule has 0 radical (unpaired) electrons. The molecule has 1 saturated heterocycles. The average Bonchev–Trinajstić information content (AvgIpc) is 3.37. The number of ketones is 1. The summed E-state index contributed by atoms with van der Waals surface area (Å²) < 4.78 is 23.6. The van der Waals surface area contributed by atoms with Crippen molar-refractivity contribution in [1.29, 1.82) is 0 Å². The minimum atomic E-state index is -1.84. The highest BCUT2D eigenvalue weighted by Gasteiger charge is 2.76. The van der Waals surface area contributed by atoms with Crippen LogP contribution in [0.4, 0.5) is 0 Å². The zero-order valence-electron chi connectivity index (χ0n) is 21.8. The van der Waals surface area contributed by atoms with Crippen LogP contribution in [0.3, 0.4) is 0 Å². The first-order valence-electron chi connectivity index (χ1n) is 12.9. The van der Waals surface area contributed by atoms with Gasteiger partial charge >= 0.3 is 0 Å². The molecule has 2 N–H and O–H groups in total. The van der Waals surface area contributed by atoms with E-state index in [0.717, 1.165) is 12.0 Å². The molecule has 7 heteroatoms. The summed E-state index contributed by atoms with van der Waals surface area (Å²) in [5.41, 5.74) is -1.04. The number of allylic oxidation sites excluding steroid dienone is 1. The molecule has 2 bridgehead atoms. The van der Waals surface area contributed by atoms with Gasteiger partial charge in [0.05, 0.1) is 31.8 Å². The standard InChI is InChI=1S/C29H36O7/c1-14-12-28-15(2)9-20-22(27(20,3)4)19(24(28)31)10-16-13-35-26(36-25(16)29(28,32)23(14)30)18-8-7-17(33-5)11-21(18)34-6/h7-8,10-12,15,19-20,22-23,25-26,30,32H,9,13H2,1-6H3/t15-,19?,20-,22+,23+,25-,26?,28?,29-/m1/s1. The molecule has 2 saturated carbocycles. The van der Waals surface area contributed by atoms with Crippen LogP contribution in [0.15, 0.2) is 41.5 Å². The lowest BCUT2D eigenvalue weighted by atomic mass is 9.59. The topological polar surface area (TPSA) is 94.5 Å². The van der Waals surface area contributed by atoms with E-state index in [1.807, 2.05) is 25.1 Å². The third-order valence-corrected chi connectivity index (χ3v) is 10.1. The molecule has 3 unspecified atom stereocenters. The summed E-state index contributed by atoms with van der Waals surface area (Å²) in [6, 6.07) is 5.37. The third kappa shape index (κ3) is 2.80. The SMILES string of the molecule is COc1ccc(C2OCC3=CC4C(=O)C5(C=C(C)[C@H](O)[C@@]5(O)[C@@H]3O2)[C@H](C)C[C@@H]2[C@H]4C2(C)C)c(OC)c1. The molecule has 3 fully saturated rings. The number of fused-ring (bicyclic) bond motifs is 5. The number of aliphatic hydroxyl groups excluding tert-OH is 1. The Kier molecular flexibility index (Phi) is 5.15. The van der Waals surface area contributed by atoms with Gasteiger partial charge in [-0.15, -0.1) is 0 Å². The molecule has 194 valence electrons. The summed E-state index contributed by atoms with van der Waals surface area (Å²) in [5.74, 6) is 1.25. The fraction of sp³-hybridized carbons (Fsp3) is 0.621. The molecule has 5 aliphatic rings. The Morgan fingerprint density at radius 1 is 1.17 bits per heavy atom. The molecule has 1 heterocycles. The Morgan fingerprint density at radius 3 is 2.61 bits per heavy atom. The molecule has 36 heavy (non-hydrogen) atoms. The van der Waals surface area contributed by atoms with Gasteiger partial charge in [-0.05, 0) is 59.8 Å². The molecule has 6 rings (SSSR count). The number of carbonyl (C=O) groups is 1. The van der Waals surface area contributed by atoms with Crippen LogP contribution in [-0.2, 0) is 14.3 Å². The number of ether oxygens (including phenoxy) is 4. The number of hydrogen-bond acceptors (Lipinski definition) is 7. The smallest absolute Gasteiger partial charge is 0.188 e. The van der Waals surface area contributed by atoms with Crippen LogP contribution in [0.2, 0.25) is 0 Å². The van der Waals surface area contributed by atoms with Crippen LogP contribution in [0.5, 0.6) is 11.5 Å². The van der Waals surface area contributed by atoms with Crippen molar-refractivity contribution in [2.75, 3.05) is 20.8 Å². The van der Waals surface area contributed by atoms with Crippen LogP contribution in [0.1, 0.15) is 46.0 Å². The Labute approximate surface area is 212 Å². The number of rotatable bonds is 3. The maximum Gasteiger partial charge on any atom is 0.188 e. The van der Waals surface area contributed by atoms with Crippen LogP contribution in [-0.4, -0.2) is 54.6 Å². The maximum absolute atomic E-state index is 14.5. The number of methoxy groups -OCH3 is 2. The van der Waals surface area contributed by atoms with Gasteiger partial charge in [0.1, 0.15) is 29.3 Å². The van der Waals surface area contributed by atoms with Gasteiger partial charge in [-0.25, -0.2) is 0 Å². The molecule has 7 nitrogen and oxygen atoms in total. The van der Waals surface area contributed by atoms with E-state index in [2.05, 4.69) is 13.8 Å². The van der Waals surface area contributed by atoms with E-state index in [0.29, 0.717) is 28.6 Å². The highest BCUT2D eigenvalue weighted by molar-refractivity contribution is 5.95. The number of hydrogen-bond donors (Lipinski definition) is 2. The van der Waals surface area contributed by atoms with Gasteiger partial charge in [0.25, 0.3) is 0 Å². The molecular formula is C29H36O7. The minimum absolute atomic E-state index is 0.00412. The van der Waals surface area contributed by atoms with E-state index in [1.165, 1.54) is 0 Å². The molecule has 4 aliphatic carbocycles. The molecule has 1 aliphatic heterocycles. The second-order valence-corrected chi connectivity index (χ2v) is 12.0. The van der Waals surface area contributed by atoms with Gasteiger partial charge in [0, 0.05) is 12.0 Å². The van der Waals surface area contributed by atoms with E-state index >= 15 is 0 Å². The molecule has 9 atom stereocenters. The van der Waals surface area contributed by atoms with E-state index in [-0.39, 0.29) is 35.6 Å². The molecular weight excluding hydrogens is 460 g/mol. The van der Waals surface area contributed by atoms with Crippen molar-refractivity contribution >= 4 is 5.78 Å². The molecule has 1 aromatic rings. The van der Waals surface area contributed by atoms with Crippen LogP contribution in [0, 0.1) is 34.5 Å². The second kappa shape index (κ2) is 7.67. The lowest BCUT2D eigenvalue weighted by Gasteiger charge is -2.51. The summed E-state index contributed by atoms with van der Waals surface area (Å²) in [7, 11) is 3.15. The first kappa shape index (κ1) is 24.2. The van der Waals surface area contributed by atoms with Gasteiger partial charge in [0.15, 0.2) is 12.1 Å². The molecule has 0 aromatic heterocycles. The predicted octanol–water partition coefficient (Wildman–Crippen LogP) is 3.59. The lowest BCUT2D eigenvalue weighted by molar-refractivity contribution is -0.267. The fourth-order valence-electron chi connectivity index (χ4n) is 8.10. The Morgan fingerprint density at radius 2 is 1.92 bits per heavy atom. The first-order chi connectivity index (χ1) is 17.0. The van der Waals surface area contributed by atoms with Crippen molar-refractivity contribution in [3.8, 4) is 11.5 Å². The maximum atomic E-state index is 14.5. The average molecular weight is 497 g/mol. The van der Waals surface area contributed by atoms with E-state index in [1.54, 1.807) is 33.3 Å². The lowest BCUT2D eigenvalue weighted by Crippen LogP contribution is -2.66. The van der Waals surface area contributed by atoms with E-state index in [4.69, 9.17) is 18.9 Å². The highest BCUT2D eigenvalue weighted by Crippen LogP contribution is 2.72. The fourth-order valence-corrected chi connectivity index (χ4v) is 8.10. The summed E-state index contributed by atoms with van der Waals surface area (Å²) in [6.45, 7) is 8.50. The van der Waals surface area contributed by atoms with Crippen molar-refractivity contribution in [3.05, 3.63) is 47.1 Å². The number of Topliss-reactive ketones (excluding diaryl/α,β-unsaturated/α-hetero) is 1. The second-order valence-electron chi connectivity index (χ2n) is 12.0.